The van der Waals surface area contributed by atoms with Crippen LogP contribution in [0.5, 0.6) is 0 Å². The largest absolute Gasteiger partial charge is 0.383 e. The Bertz CT molecular complexity index is 1100. The molecule has 0 saturated carbocycles. The standard InChI is InChI=1S/C19H18N4O3S2/c1-12(10-26-2)23-18(25)14-5-3-4-6-15(14)21-19(23)28-11-16(24)22-17-13(9-20)7-8-27-17/h3-8,12H,10-11H2,1-2H3,(H,22,24)/t12-/m1/s1. The zero-order valence-electron chi connectivity index (χ0n) is 15.3. The number of carbonyl (C=O) groups is 1. The fourth-order valence-corrected chi connectivity index (χ4v) is 4.37. The maximum atomic E-state index is 13.0. The summed E-state index contributed by atoms with van der Waals surface area (Å²) in [6.45, 7) is 2.22. The number of hydrogen-bond donors (Lipinski definition) is 1. The van der Waals surface area contributed by atoms with Gasteiger partial charge in [-0.1, -0.05) is 23.9 Å². The van der Waals surface area contributed by atoms with Crippen LogP contribution in [0.1, 0.15) is 18.5 Å². The molecule has 3 aromatic rings. The zero-order chi connectivity index (χ0) is 20.1. The molecule has 2 heterocycles. The molecule has 0 radical (unpaired) electrons. The van der Waals surface area contributed by atoms with E-state index in [1.54, 1.807) is 41.3 Å². The Morgan fingerprint density at radius 1 is 1.43 bits per heavy atom. The van der Waals surface area contributed by atoms with Crippen LogP contribution in [0.2, 0.25) is 0 Å². The summed E-state index contributed by atoms with van der Waals surface area (Å²) >= 11 is 2.47. The molecule has 3 rings (SSSR count). The molecule has 0 fully saturated rings. The van der Waals surface area contributed by atoms with E-state index in [9.17, 15) is 9.59 Å². The predicted molar refractivity (Wildman–Crippen MR) is 111 cm³/mol. The van der Waals surface area contributed by atoms with Crippen molar-refractivity contribution in [1.29, 1.82) is 5.26 Å². The van der Waals surface area contributed by atoms with Gasteiger partial charge in [-0.3, -0.25) is 14.2 Å². The van der Waals surface area contributed by atoms with Crippen LogP contribution in [0.3, 0.4) is 0 Å². The number of thiophene rings is 1. The smallest absolute Gasteiger partial charge is 0.262 e. The van der Waals surface area contributed by atoms with Crippen LogP contribution < -0.4 is 10.9 Å². The summed E-state index contributed by atoms with van der Waals surface area (Å²) in [7, 11) is 1.57. The number of para-hydroxylation sites is 1. The maximum Gasteiger partial charge on any atom is 0.262 e. The van der Waals surface area contributed by atoms with Gasteiger partial charge in [-0.2, -0.15) is 5.26 Å². The SMILES string of the molecule is COC[C@@H](C)n1c(SCC(=O)Nc2sccc2C#N)nc2ccccc2c1=O. The molecule has 0 bridgehead atoms. The molecule has 0 aliphatic rings. The first-order chi connectivity index (χ1) is 13.5. The highest BCUT2D eigenvalue weighted by molar-refractivity contribution is 7.99. The van der Waals surface area contributed by atoms with Gasteiger partial charge >= 0.3 is 0 Å². The molecule has 0 saturated heterocycles. The van der Waals surface area contributed by atoms with Gasteiger partial charge in [-0.15, -0.1) is 11.3 Å². The highest BCUT2D eigenvalue weighted by Gasteiger charge is 2.18. The van der Waals surface area contributed by atoms with Gasteiger partial charge in [-0.25, -0.2) is 4.98 Å². The lowest BCUT2D eigenvalue weighted by molar-refractivity contribution is -0.113. The van der Waals surface area contributed by atoms with Gasteiger partial charge in [0.15, 0.2) is 5.16 Å². The van der Waals surface area contributed by atoms with Crippen molar-refractivity contribution < 1.29 is 9.53 Å². The van der Waals surface area contributed by atoms with E-state index in [0.29, 0.717) is 33.2 Å². The summed E-state index contributed by atoms with van der Waals surface area (Å²) < 4.78 is 6.76. The number of rotatable bonds is 7. The molecule has 0 aliphatic carbocycles. The number of nitriles is 1. The average Bonchev–Trinajstić information content (AvgIpc) is 3.13. The summed E-state index contributed by atoms with van der Waals surface area (Å²) in [5.74, 6) is -0.204. The molecular formula is C19H18N4O3S2. The van der Waals surface area contributed by atoms with Crippen LogP contribution in [-0.2, 0) is 9.53 Å². The first-order valence-electron chi connectivity index (χ1n) is 8.45. The van der Waals surface area contributed by atoms with Crippen LogP contribution in [-0.4, -0.2) is 34.9 Å². The monoisotopic (exact) mass is 414 g/mol. The Morgan fingerprint density at radius 3 is 2.96 bits per heavy atom. The van der Waals surface area contributed by atoms with Crippen LogP contribution in [0.4, 0.5) is 5.00 Å². The number of carbonyl (C=O) groups excluding carboxylic acids is 1. The van der Waals surface area contributed by atoms with Gasteiger partial charge in [0, 0.05) is 7.11 Å². The number of fused-ring (bicyclic) bond motifs is 1. The topological polar surface area (TPSA) is 97.0 Å². The molecule has 2 aromatic heterocycles. The van der Waals surface area contributed by atoms with Gasteiger partial charge in [0.25, 0.3) is 5.56 Å². The molecule has 144 valence electrons. The number of benzene rings is 1. The van der Waals surface area contributed by atoms with Crippen molar-refractivity contribution >= 4 is 44.9 Å². The van der Waals surface area contributed by atoms with Crippen LogP contribution >= 0.6 is 23.1 Å². The Kier molecular flexibility index (Phi) is 6.46. The lowest BCUT2D eigenvalue weighted by Gasteiger charge is -2.18. The summed E-state index contributed by atoms with van der Waals surface area (Å²) in [6.07, 6.45) is 0. The molecule has 1 atom stereocenters. The zero-order valence-corrected chi connectivity index (χ0v) is 17.0. The summed E-state index contributed by atoms with van der Waals surface area (Å²) in [4.78, 5) is 29.9. The molecule has 1 aromatic carbocycles. The van der Waals surface area contributed by atoms with Crippen molar-refractivity contribution in [1.82, 2.24) is 9.55 Å². The lowest BCUT2D eigenvalue weighted by atomic mass is 10.2. The molecule has 28 heavy (non-hydrogen) atoms. The number of anilines is 1. The maximum absolute atomic E-state index is 13.0. The van der Waals surface area contributed by atoms with Crippen LogP contribution in [0, 0.1) is 11.3 Å². The number of amides is 1. The van der Waals surface area contributed by atoms with Gasteiger partial charge in [-0.05, 0) is 30.5 Å². The number of thioether (sulfide) groups is 1. The fraction of sp³-hybridized carbons (Fsp3) is 0.263. The summed E-state index contributed by atoms with van der Waals surface area (Å²) in [6, 6.07) is 10.6. The van der Waals surface area contributed by atoms with E-state index in [1.807, 2.05) is 19.1 Å². The highest BCUT2D eigenvalue weighted by atomic mass is 32.2. The third-order valence-electron chi connectivity index (χ3n) is 4.00. The lowest BCUT2D eigenvalue weighted by Crippen LogP contribution is -2.29. The quantitative estimate of drug-likeness (QED) is 0.471. The first-order valence-corrected chi connectivity index (χ1v) is 10.3. The van der Waals surface area contributed by atoms with Crippen molar-refractivity contribution in [3.63, 3.8) is 0 Å². The van der Waals surface area contributed by atoms with E-state index in [4.69, 9.17) is 10.00 Å². The molecule has 9 heteroatoms. The minimum absolute atomic E-state index is 0.0627. The second kappa shape index (κ2) is 9.01. The predicted octanol–water partition coefficient (Wildman–Crippen LogP) is 3.27. The van der Waals surface area contributed by atoms with E-state index in [2.05, 4.69) is 10.3 Å². The van der Waals surface area contributed by atoms with E-state index in [-0.39, 0.29) is 23.3 Å². The number of ether oxygens (including phenoxy) is 1. The Balaban J connectivity index is 1.87. The minimum atomic E-state index is -0.266. The fourth-order valence-electron chi connectivity index (χ4n) is 2.72. The molecule has 0 aliphatic heterocycles. The number of methoxy groups -OCH3 is 1. The normalized spacial score (nSPS) is 11.9. The van der Waals surface area contributed by atoms with E-state index < -0.39 is 0 Å². The first kappa shape index (κ1) is 20.1. The number of aromatic nitrogens is 2. The Hall–Kier alpha value is -2.67. The molecule has 0 unspecified atom stereocenters. The third kappa shape index (κ3) is 4.25. The van der Waals surface area contributed by atoms with Crippen molar-refractivity contribution in [3.05, 3.63) is 51.6 Å². The molecular weight excluding hydrogens is 396 g/mol. The van der Waals surface area contributed by atoms with Gasteiger partial charge < -0.3 is 10.1 Å². The molecule has 7 nitrogen and oxygen atoms in total. The van der Waals surface area contributed by atoms with Gasteiger partial charge in [0.2, 0.25) is 5.91 Å². The molecule has 1 amide bonds. The number of nitrogens with zero attached hydrogens (tertiary/aromatic N) is 3. The highest BCUT2D eigenvalue weighted by Crippen LogP contribution is 2.24. The second-order valence-corrected chi connectivity index (χ2v) is 7.86. The van der Waals surface area contributed by atoms with Crippen molar-refractivity contribution in [2.75, 3.05) is 24.8 Å². The van der Waals surface area contributed by atoms with Crippen molar-refractivity contribution in [3.8, 4) is 6.07 Å². The van der Waals surface area contributed by atoms with Crippen LogP contribution in [0.25, 0.3) is 10.9 Å². The number of hydrogen-bond acceptors (Lipinski definition) is 7. The minimum Gasteiger partial charge on any atom is -0.383 e. The van der Waals surface area contributed by atoms with E-state index in [1.165, 1.54) is 23.1 Å². The van der Waals surface area contributed by atoms with E-state index in [0.717, 1.165) is 0 Å². The van der Waals surface area contributed by atoms with Crippen molar-refractivity contribution in [2.45, 2.75) is 18.1 Å². The van der Waals surface area contributed by atoms with Gasteiger partial charge in [0.05, 0.1) is 34.9 Å². The Labute approximate surface area is 170 Å². The van der Waals surface area contributed by atoms with Crippen LogP contribution in [0.15, 0.2) is 45.7 Å². The number of nitrogens with one attached hydrogen (secondary N) is 1. The Morgan fingerprint density at radius 2 is 2.21 bits per heavy atom. The van der Waals surface area contributed by atoms with E-state index >= 15 is 0 Å². The average molecular weight is 415 g/mol. The summed E-state index contributed by atoms with van der Waals surface area (Å²) in [5.41, 5.74) is 0.849. The summed E-state index contributed by atoms with van der Waals surface area (Å²) in [5, 5.41) is 15.0. The van der Waals surface area contributed by atoms with Crippen molar-refractivity contribution in [2.24, 2.45) is 0 Å². The molecule has 1 N–H and O–H groups in total. The third-order valence-corrected chi connectivity index (χ3v) is 5.78. The second-order valence-electron chi connectivity index (χ2n) is 6.00. The van der Waals surface area contributed by atoms with Gasteiger partial charge in [0.1, 0.15) is 11.1 Å². The molecule has 0 spiro atoms.